The van der Waals surface area contributed by atoms with Crippen molar-refractivity contribution >= 4 is 12.3 Å². The fraction of sp³-hybridized carbons (Fsp3) is 0.368. The molecule has 0 saturated carbocycles. The van der Waals surface area contributed by atoms with Crippen LogP contribution in [0.15, 0.2) is 55.6 Å². The molecule has 1 amide bonds. The molecule has 24 heavy (non-hydrogen) atoms. The van der Waals surface area contributed by atoms with Gasteiger partial charge in [0.05, 0.1) is 19.3 Å². The number of carbonyl (C=O) groups excluding carboxylic acids is 1. The van der Waals surface area contributed by atoms with Crippen LogP contribution in [0.1, 0.15) is 18.4 Å². The van der Waals surface area contributed by atoms with Crippen LogP contribution in [0.5, 0.6) is 0 Å². The fourth-order valence-corrected chi connectivity index (χ4v) is 2.66. The molecule has 128 valence electrons. The van der Waals surface area contributed by atoms with Gasteiger partial charge in [0.15, 0.2) is 5.60 Å². The zero-order chi connectivity index (χ0) is 17.4. The molecular weight excluding hydrogens is 304 g/mol. The Morgan fingerprint density at radius 3 is 2.67 bits per heavy atom. The predicted molar refractivity (Wildman–Crippen MR) is 94.2 cm³/mol. The highest BCUT2D eigenvalue weighted by atomic mass is 16.6. The summed E-state index contributed by atoms with van der Waals surface area (Å²) in [5, 5.41) is 7.44. The molecule has 1 atom stereocenters. The highest BCUT2D eigenvalue weighted by Crippen LogP contribution is 2.22. The van der Waals surface area contributed by atoms with Crippen molar-refractivity contribution in [3.63, 3.8) is 0 Å². The standard InChI is InChI=1S/C19H24N2O3/c1-3-19(4-2,15-20)24-18(22)21-12-8-11-17(21)14-23-13-16-9-6-5-7-10-16/h3-7,9-10,15,17,20H,1-2,8,11-14H2/t17-/m0/s1. The third-order valence-electron chi connectivity index (χ3n) is 4.16. The van der Waals surface area contributed by atoms with Gasteiger partial charge in [-0.25, -0.2) is 4.79 Å². The smallest absolute Gasteiger partial charge is 0.411 e. The Bertz CT molecular complexity index is 564. The van der Waals surface area contributed by atoms with Gasteiger partial charge in [0, 0.05) is 12.8 Å². The quantitative estimate of drug-likeness (QED) is 0.586. The second-order valence-electron chi connectivity index (χ2n) is 5.76. The maximum Gasteiger partial charge on any atom is 0.411 e. The molecule has 0 aliphatic carbocycles. The van der Waals surface area contributed by atoms with Gasteiger partial charge in [-0.2, -0.15) is 0 Å². The summed E-state index contributed by atoms with van der Waals surface area (Å²) >= 11 is 0. The second-order valence-corrected chi connectivity index (χ2v) is 5.76. The maximum atomic E-state index is 12.4. The Morgan fingerprint density at radius 2 is 2.04 bits per heavy atom. The summed E-state index contributed by atoms with van der Waals surface area (Å²) < 4.78 is 11.2. The van der Waals surface area contributed by atoms with Gasteiger partial charge in [0.25, 0.3) is 0 Å². The van der Waals surface area contributed by atoms with Gasteiger partial charge in [-0.1, -0.05) is 43.5 Å². The Labute approximate surface area is 143 Å². The first-order valence-electron chi connectivity index (χ1n) is 8.04. The van der Waals surface area contributed by atoms with Gasteiger partial charge in [0.2, 0.25) is 0 Å². The SMILES string of the molecule is C=CC(C=C)(C=N)OC(=O)N1CCC[C@H]1COCc1ccccc1. The van der Waals surface area contributed by atoms with Crippen molar-refractivity contribution < 1.29 is 14.3 Å². The molecule has 0 aromatic heterocycles. The minimum atomic E-state index is -1.25. The van der Waals surface area contributed by atoms with Crippen LogP contribution in [0.2, 0.25) is 0 Å². The Balaban J connectivity index is 1.89. The minimum absolute atomic E-state index is 0.0146. The molecule has 1 aromatic carbocycles. The molecular formula is C19H24N2O3. The molecule has 1 heterocycles. The average molecular weight is 328 g/mol. The molecule has 0 bridgehead atoms. The van der Waals surface area contributed by atoms with Crippen LogP contribution in [-0.4, -0.2) is 42.0 Å². The van der Waals surface area contributed by atoms with Crippen LogP contribution >= 0.6 is 0 Å². The first-order chi connectivity index (χ1) is 11.6. The predicted octanol–water partition coefficient (Wildman–Crippen LogP) is 3.56. The highest BCUT2D eigenvalue weighted by molar-refractivity contribution is 5.78. The number of hydrogen-bond donors (Lipinski definition) is 1. The summed E-state index contributed by atoms with van der Waals surface area (Å²) in [5.41, 5.74) is -0.152. The lowest BCUT2D eigenvalue weighted by atomic mass is 10.1. The van der Waals surface area contributed by atoms with Crippen molar-refractivity contribution in [2.75, 3.05) is 13.2 Å². The zero-order valence-corrected chi connectivity index (χ0v) is 13.8. The molecule has 0 unspecified atom stereocenters. The fourth-order valence-electron chi connectivity index (χ4n) is 2.66. The van der Waals surface area contributed by atoms with Crippen LogP contribution in [0.3, 0.4) is 0 Å². The van der Waals surface area contributed by atoms with Crippen LogP contribution in [-0.2, 0) is 16.1 Å². The van der Waals surface area contributed by atoms with Gasteiger partial charge in [0.1, 0.15) is 0 Å². The molecule has 1 aliphatic rings. The topological polar surface area (TPSA) is 62.6 Å². The van der Waals surface area contributed by atoms with Crippen LogP contribution < -0.4 is 0 Å². The van der Waals surface area contributed by atoms with E-state index in [-0.39, 0.29) is 6.04 Å². The second kappa shape index (κ2) is 8.45. The third kappa shape index (κ3) is 4.32. The van der Waals surface area contributed by atoms with E-state index in [0.717, 1.165) is 24.6 Å². The van der Waals surface area contributed by atoms with Gasteiger partial charge < -0.3 is 19.8 Å². The summed E-state index contributed by atoms with van der Waals surface area (Å²) in [7, 11) is 0. The summed E-state index contributed by atoms with van der Waals surface area (Å²) in [6.07, 6.45) is 5.12. The van der Waals surface area contributed by atoms with E-state index in [9.17, 15) is 4.79 Å². The van der Waals surface area contributed by atoms with E-state index >= 15 is 0 Å². The van der Waals surface area contributed by atoms with Gasteiger partial charge in [-0.05, 0) is 30.6 Å². The number of benzene rings is 1. The van der Waals surface area contributed by atoms with Gasteiger partial charge in [-0.3, -0.25) is 0 Å². The summed E-state index contributed by atoms with van der Waals surface area (Å²) in [6, 6.07) is 9.91. The van der Waals surface area contributed by atoms with E-state index in [2.05, 4.69) is 13.2 Å². The number of likely N-dealkylation sites (tertiary alicyclic amines) is 1. The monoisotopic (exact) mass is 328 g/mol. The molecule has 2 rings (SSSR count). The molecule has 1 aliphatic heterocycles. The first kappa shape index (κ1) is 17.9. The maximum absolute atomic E-state index is 12.4. The molecule has 1 aromatic rings. The molecule has 5 heteroatoms. The number of nitrogens with zero attached hydrogens (tertiary/aromatic N) is 1. The van der Waals surface area contributed by atoms with Crippen molar-refractivity contribution in [3.8, 4) is 0 Å². The summed E-state index contributed by atoms with van der Waals surface area (Å²) in [4.78, 5) is 14.1. The number of rotatable bonds is 8. The molecule has 5 nitrogen and oxygen atoms in total. The van der Waals surface area contributed by atoms with Crippen molar-refractivity contribution in [3.05, 3.63) is 61.2 Å². The molecule has 1 saturated heterocycles. The van der Waals surface area contributed by atoms with Crippen LogP contribution in [0.25, 0.3) is 0 Å². The normalized spacial score (nSPS) is 17.3. The zero-order valence-electron chi connectivity index (χ0n) is 13.8. The van der Waals surface area contributed by atoms with E-state index in [1.54, 1.807) is 4.90 Å². The Hall–Kier alpha value is -2.40. The van der Waals surface area contributed by atoms with Crippen molar-refractivity contribution in [2.45, 2.75) is 31.1 Å². The van der Waals surface area contributed by atoms with Crippen molar-refractivity contribution in [1.29, 1.82) is 5.41 Å². The molecule has 0 radical (unpaired) electrons. The van der Waals surface area contributed by atoms with Gasteiger partial charge >= 0.3 is 6.09 Å². The highest BCUT2D eigenvalue weighted by Gasteiger charge is 2.34. The largest absolute Gasteiger partial charge is 0.428 e. The average Bonchev–Trinajstić information content (AvgIpc) is 3.09. The Kier molecular flexibility index (Phi) is 6.32. The van der Waals surface area contributed by atoms with Crippen LogP contribution in [0, 0.1) is 5.41 Å². The summed E-state index contributed by atoms with van der Waals surface area (Å²) in [5.74, 6) is 0. The van der Waals surface area contributed by atoms with E-state index in [4.69, 9.17) is 14.9 Å². The first-order valence-corrected chi connectivity index (χ1v) is 8.04. The summed E-state index contributed by atoms with van der Waals surface area (Å²) in [6.45, 7) is 8.83. The lowest BCUT2D eigenvalue weighted by Gasteiger charge is -2.29. The molecule has 1 N–H and O–H groups in total. The van der Waals surface area contributed by atoms with E-state index < -0.39 is 11.7 Å². The number of amides is 1. The number of carbonyl (C=O) groups is 1. The number of ether oxygens (including phenoxy) is 2. The lowest BCUT2D eigenvalue weighted by molar-refractivity contribution is 0.0408. The van der Waals surface area contributed by atoms with E-state index in [1.807, 2.05) is 30.3 Å². The lowest BCUT2D eigenvalue weighted by Crippen LogP contribution is -2.43. The van der Waals surface area contributed by atoms with Crippen molar-refractivity contribution in [1.82, 2.24) is 4.90 Å². The number of hydrogen-bond acceptors (Lipinski definition) is 4. The molecule has 0 spiro atoms. The molecule has 1 fully saturated rings. The van der Waals surface area contributed by atoms with Crippen LogP contribution in [0.4, 0.5) is 4.79 Å². The third-order valence-corrected chi connectivity index (χ3v) is 4.16. The van der Waals surface area contributed by atoms with E-state index in [1.165, 1.54) is 12.2 Å². The number of nitrogens with one attached hydrogen (secondary N) is 1. The minimum Gasteiger partial charge on any atom is -0.428 e. The van der Waals surface area contributed by atoms with Gasteiger partial charge in [-0.15, -0.1) is 0 Å². The Morgan fingerprint density at radius 1 is 1.33 bits per heavy atom. The van der Waals surface area contributed by atoms with E-state index in [0.29, 0.717) is 19.8 Å². The van der Waals surface area contributed by atoms with Crippen molar-refractivity contribution in [2.24, 2.45) is 0 Å².